The van der Waals surface area contributed by atoms with Crippen molar-refractivity contribution in [1.82, 2.24) is 15.0 Å². The van der Waals surface area contributed by atoms with E-state index in [0.717, 1.165) is 27.8 Å². The fourth-order valence-corrected chi connectivity index (χ4v) is 3.86. The Kier molecular flexibility index (Phi) is 5.63. The van der Waals surface area contributed by atoms with Crippen LogP contribution in [0.4, 0.5) is 0 Å². The lowest BCUT2D eigenvalue weighted by Crippen LogP contribution is -2.01. The molecule has 4 aromatic carbocycles. The average molecular weight is 445 g/mol. The molecule has 4 nitrogen and oxygen atoms in total. The Labute approximate surface area is 196 Å². The Morgan fingerprint density at radius 2 is 1.06 bits per heavy atom. The van der Waals surface area contributed by atoms with Gasteiger partial charge in [-0.05, 0) is 23.8 Å². The van der Waals surface area contributed by atoms with E-state index in [1.165, 1.54) is 0 Å². The van der Waals surface area contributed by atoms with Crippen molar-refractivity contribution in [3.05, 3.63) is 114 Å². The normalized spacial score (nSPS) is 10.5. The van der Waals surface area contributed by atoms with E-state index in [-0.39, 0.29) is 0 Å². The van der Waals surface area contributed by atoms with E-state index in [1.807, 2.05) is 84.9 Å². The second-order valence-corrected chi connectivity index (χ2v) is 7.80. The van der Waals surface area contributed by atoms with Gasteiger partial charge < -0.3 is 0 Å². The van der Waals surface area contributed by atoms with Crippen molar-refractivity contribution in [3.63, 3.8) is 0 Å². The monoisotopic (exact) mass is 444 g/mol. The molecular formula is C28H17ClN4. The van der Waals surface area contributed by atoms with Crippen LogP contribution in [0.15, 0.2) is 103 Å². The fourth-order valence-electron chi connectivity index (χ4n) is 3.64. The van der Waals surface area contributed by atoms with Gasteiger partial charge in [0.1, 0.15) is 0 Å². The van der Waals surface area contributed by atoms with Gasteiger partial charge in [0, 0.05) is 27.3 Å². The second-order valence-electron chi connectivity index (χ2n) is 7.39. The zero-order valence-corrected chi connectivity index (χ0v) is 18.2. The van der Waals surface area contributed by atoms with Gasteiger partial charge in [-0.15, -0.1) is 0 Å². The van der Waals surface area contributed by atoms with E-state index < -0.39 is 0 Å². The molecule has 0 N–H and O–H groups in total. The molecule has 0 aliphatic rings. The molecule has 0 spiro atoms. The molecule has 5 heteroatoms. The standard InChI is InChI=1S/C28H17ClN4/c29-25-16-15-19(18-30)17-24(25)22-13-7-8-14-23(22)28-32-26(20-9-3-1-4-10-20)31-27(33-28)21-11-5-2-6-12-21/h1-17H. The van der Waals surface area contributed by atoms with E-state index in [1.54, 1.807) is 18.2 Å². The zero-order chi connectivity index (χ0) is 22.6. The molecule has 0 aliphatic heterocycles. The van der Waals surface area contributed by atoms with Gasteiger partial charge in [-0.25, -0.2) is 15.0 Å². The molecule has 0 bridgehead atoms. The first-order valence-corrected chi connectivity index (χ1v) is 10.8. The van der Waals surface area contributed by atoms with Crippen LogP contribution in [0.1, 0.15) is 5.56 Å². The minimum absolute atomic E-state index is 0.537. The fraction of sp³-hybridized carbons (Fsp3) is 0. The van der Waals surface area contributed by atoms with Gasteiger partial charge in [0.05, 0.1) is 11.6 Å². The molecule has 0 radical (unpaired) electrons. The SMILES string of the molecule is N#Cc1ccc(Cl)c(-c2ccccc2-c2nc(-c3ccccc3)nc(-c3ccccc3)n2)c1. The Morgan fingerprint density at radius 3 is 1.64 bits per heavy atom. The maximum atomic E-state index is 9.39. The van der Waals surface area contributed by atoms with Crippen LogP contribution in [0.3, 0.4) is 0 Å². The molecule has 0 amide bonds. The Bertz CT molecular complexity index is 1420. The van der Waals surface area contributed by atoms with Gasteiger partial charge in [-0.3, -0.25) is 0 Å². The van der Waals surface area contributed by atoms with Crippen molar-refractivity contribution >= 4 is 11.6 Å². The van der Waals surface area contributed by atoms with Gasteiger partial charge in [-0.2, -0.15) is 5.26 Å². The first kappa shape index (κ1) is 20.6. The minimum atomic E-state index is 0.537. The third-order valence-corrected chi connectivity index (χ3v) is 5.58. The van der Waals surface area contributed by atoms with Crippen LogP contribution in [0.2, 0.25) is 5.02 Å². The van der Waals surface area contributed by atoms with Gasteiger partial charge in [-0.1, -0.05) is 96.5 Å². The lowest BCUT2D eigenvalue weighted by Gasteiger charge is -2.13. The molecule has 0 unspecified atom stereocenters. The first-order valence-electron chi connectivity index (χ1n) is 10.4. The molecule has 5 aromatic rings. The maximum Gasteiger partial charge on any atom is 0.164 e. The summed E-state index contributed by atoms with van der Waals surface area (Å²) in [6, 6.07) is 34.9. The predicted octanol–water partition coefficient (Wildman–Crippen LogP) is 7.06. The van der Waals surface area contributed by atoms with Crippen molar-refractivity contribution < 1.29 is 0 Å². The van der Waals surface area contributed by atoms with Gasteiger partial charge in [0.25, 0.3) is 0 Å². The summed E-state index contributed by atoms with van der Waals surface area (Å²) in [5.74, 6) is 1.72. The van der Waals surface area contributed by atoms with Crippen LogP contribution >= 0.6 is 11.6 Å². The van der Waals surface area contributed by atoms with E-state index in [4.69, 9.17) is 26.6 Å². The summed E-state index contributed by atoms with van der Waals surface area (Å²) in [6.07, 6.45) is 0. The summed E-state index contributed by atoms with van der Waals surface area (Å²) < 4.78 is 0. The number of benzene rings is 4. The quantitative estimate of drug-likeness (QED) is 0.297. The summed E-state index contributed by atoms with van der Waals surface area (Å²) in [4.78, 5) is 14.4. The van der Waals surface area contributed by atoms with Crippen LogP contribution < -0.4 is 0 Å². The van der Waals surface area contributed by atoms with Crippen LogP contribution in [-0.2, 0) is 0 Å². The van der Waals surface area contributed by atoms with Gasteiger partial charge >= 0.3 is 0 Å². The van der Waals surface area contributed by atoms with Crippen molar-refractivity contribution in [2.24, 2.45) is 0 Å². The van der Waals surface area contributed by atoms with Crippen LogP contribution in [0.25, 0.3) is 45.3 Å². The summed E-state index contributed by atoms with van der Waals surface area (Å²) in [5, 5.41) is 9.94. The average Bonchev–Trinajstić information content (AvgIpc) is 2.90. The number of aromatic nitrogens is 3. The molecular weight excluding hydrogens is 428 g/mol. The maximum absolute atomic E-state index is 9.39. The number of nitriles is 1. The highest BCUT2D eigenvalue weighted by Crippen LogP contribution is 2.36. The molecule has 0 saturated carbocycles. The third kappa shape index (κ3) is 4.23. The third-order valence-electron chi connectivity index (χ3n) is 5.25. The molecule has 0 fully saturated rings. The summed E-state index contributed by atoms with van der Waals surface area (Å²) in [7, 11) is 0. The lowest BCUT2D eigenvalue weighted by atomic mass is 9.97. The molecule has 0 saturated heterocycles. The van der Waals surface area contributed by atoms with Crippen molar-refractivity contribution in [2.45, 2.75) is 0 Å². The van der Waals surface area contributed by atoms with Crippen molar-refractivity contribution in [1.29, 1.82) is 5.26 Å². The van der Waals surface area contributed by atoms with Gasteiger partial charge in [0.15, 0.2) is 17.5 Å². The Hall–Kier alpha value is -4.33. The number of hydrogen-bond donors (Lipinski definition) is 0. The summed E-state index contributed by atoms with van der Waals surface area (Å²) in [5.41, 5.74) is 4.76. The number of nitrogens with zero attached hydrogens (tertiary/aromatic N) is 4. The van der Waals surface area contributed by atoms with E-state index in [2.05, 4.69) is 6.07 Å². The van der Waals surface area contributed by atoms with E-state index >= 15 is 0 Å². The first-order chi connectivity index (χ1) is 16.2. The second kappa shape index (κ2) is 9.04. The Morgan fingerprint density at radius 1 is 0.545 bits per heavy atom. The van der Waals surface area contributed by atoms with Crippen molar-refractivity contribution in [2.75, 3.05) is 0 Å². The number of rotatable bonds is 4. The highest BCUT2D eigenvalue weighted by Gasteiger charge is 2.16. The topological polar surface area (TPSA) is 62.5 Å². The molecule has 156 valence electrons. The molecule has 1 heterocycles. The highest BCUT2D eigenvalue weighted by molar-refractivity contribution is 6.33. The highest BCUT2D eigenvalue weighted by atomic mass is 35.5. The number of hydrogen-bond acceptors (Lipinski definition) is 4. The lowest BCUT2D eigenvalue weighted by molar-refractivity contribution is 1.07. The van der Waals surface area contributed by atoms with Crippen molar-refractivity contribution in [3.8, 4) is 51.4 Å². The number of halogens is 1. The molecule has 0 aliphatic carbocycles. The minimum Gasteiger partial charge on any atom is -0.208 e. The van der Waals surface area contributed by atoms with E-state index in [9.17, 15) is 5.26 Å². The molecule has 5 rings (SSSR count). The van der Waals surface area contributed by atoms with Crippen LogP contribution in [0.5, 0.6) is 0 Å². The van der Waals surface area contributed by atoms with E-state index in [0.29, 0.717) is 28.1 Å². The van der Waals surface area contributed by atoms with Crippen LogP contribution in [-0.4, -0.2) is 15.0 Å². The molecule has 0 atom stereocenters. The van der Waals surface area contributed by atoms with Gasteiger partial charge in [0.2, 0.25) is 0 Å². The largest absolute Gasteiger partial charge is 0.208 e. The summed E-state index contributed by atoms with van der Waals surface area (Å²) in [6.45, 7) is 0. The smallest absolute Gasteiger partial charge is 0.164 e. The van der Waals surface area contributed by atoms with Crippen LogP contribution in [0, 0.1) is 11.3 Å². The summed E-state index contributed by atoms with van der Waals surface area (Å²) >= 11 is 6.54. The molecule has 33 heavy (non-hydrogen) atoms. The molecule has 1 aromatic heterocycles. The predicted molar refractivity (Wildman–Crippen MR) is 131 cm³/mol. The zero-order valence-electron chi connectivity index (χ0n) is 17.5. The Balaban J connectivity index is 1.75.